The van der Waals surface area contributed by atoms with Crippen LogP contribution in [-0.2, 0) is 4.74 Å². The van der Waals surface area contributed by atoms with E-state index in [-0.39, 0.29) is 17.4 Å². The zero-order chi connectivity index (χ0) is 19.0. The van der Waals surface area contributed by atoms with Crippen LogP contribution in [0.2, 0.25) is 0 Å². The van der Waals surface area contributed by atoms with Crippen LogP contribution in [-0.4, -0.2) is 32.4 Å². The van der Waals surface area contributed by atoms with Gasteiger partial charge in [0.25, 0.3) is 0 Å². The number of aromatic hydroxyl groups is 1. The summed E-state index contributed by atoms with van der Waals surface area (Å²) in [6, 6.07) is 6.58. The van der Waals surface area contributed by atoms with E-state index in [1.165, 1.54) is 19.2 Å². The van der Waals surface area contributed by atoms with E-state index >= 15 is 0 Å². The van der Waals surface area contributed by atoms with Crippen molar-refractivity contribution in [2.75, 3.05) is 21.3 Å². The van der Waals surface area contributed by atoms with Crippen molar-refractivity contribution in [3.05, 3.63) is 46.5 Å². The van der Waals surface area contributed by atoms with Gasteiger partial charge in [0.15, 0.2) is 6.10 Å². The van der Waals surface area contributed by atoms with Gasteiger partial charge in [-0.25, -0.2) is 4.79 Å². The number of rotatable bonds is 5. The molecule has 1 aliphatic rings. The predicted molar refractivity (Wildman–Crippen MR) is 95.6 cm³/mol. The van der Waals surface area contributed by atoms with Gasteiger partial charge in [0, 0.05) is 22.8 Å². The summed E-state index contributed by atoms with van der Waals surface area (Å²) in [5, 5.41) is 9.98. The maximum atomic E-state index is 12.4. The summed E-state index contributed by atoms with van der Waals surface area (Å²) in [7, 11) is 4.63. The second-order valence-corrected chi connectivity index (χ2v) is 6.39. The number of fused-ring (bicyclic) bond motifs is 1. The molecule has 1 unspecified atom stereocenters. The lowest BCUT2D eigenvalue weighted by atomic mass is 9.93. The number of hydrogen-bond donors (Lipinski definition) is 1. The normalized spacial score (nSPS) is 15.6. The van der Waals surface area contributed by atoms with Crippen molar-refractivity contribution < 1.29 is 28.8 Å². The second kappa shape index (κ2) is 6.78. The molecule has 0 spiro atoms. The fourth-order valence-corrected chi connectivity index (χ4v) is 3.36. The Morgan fingerprint density at radius 2 is 1.54 bits per heavy atom. The van der Waals surface area contributed by atoms with Gasteiger partial charge in [-0.15, -0.1) is 0 Å². The molecule has 0 amide bonds. The first-order chi connectivity index (χ1) is 12.4. The molecule has 1 heterocycles. The molecule has 0 radical (unpaired) electrons. The minimum atomic E-state index is -0.678. The summed E-state index contributed by atoms with van der Waals surface area (Å²) >= 11 is 0. The monoisotopic (exact) mass is 358 g/mol. The number of benzene rings is 2. The lowest BCUT2D eigenvalue weighted by Gasteiger charge is -2.20. The van der Waals surface area contributed by atoms with Crippen LogP contribution in [0.5, 0.6) is 23.0 Å². The molecule has 1 atom stereocenters. The average Bonchev–Trinajstić information content (AvgIpc) is 2.95. The Labute approximate surface area is 152 Å². The van der Waals surface area contributed by atoms with Gasteiger partial charge in [0.05, 0.1) is 21.3 Å². The first kappa shape index (κ1) is 17.9. The molecule has 0 saturated carbocycles. The molecule has 2 aromatic carbocycles. The summed E-state index contributed by atoms with van der Waals surface area (Å²) in [6.07, 6.45) is -0.678. The molecule has 0 fully saturated rings. The molecule has 138 valence electrons. The Morgan fingerprint density at radius 1 is 0.962 bits per heavy atom. The highest BCUT2D eigenvalue weighted by Crippen LogP contribution is 2.45. The molecule has 1 aliphatic heterocycles. The number of phenols is 1. The summed E-state index contributed by atoms with van der Waals surface area (Å²) in [5.41, 5.74) is 2.51. The van der Waals surface area contributed by atoms with E-state index in [1.54, 1.807) is 14.2 Å². The van der Waals surface area contributed by atoms with E-state index in [0.29, 0.717) is 28.2 Å². The summed E-state index contributed by atoms with van der Waals surface area (Å²) in [4.78, 5) is 12.4. The van der Waals surface area contributed by atoms with Crippen LogP contribution >= 0.6 is 0 Å². The first-order valence-electron chi connectivity index (χ1n) is 8.28. The molecular formula is C20H22O6. The van der Waals surface area contributed by atoms with E-state index in [4.69, 9.17) is 18.9 Å². The number of carbonyl (C=O) groups excluding carboxylic acids is 1. The molecule has 6 nitrogen and oxygen atoms in total. The molecular weight excluding hydrogens is 336 g/mol. The van der Waals surface area contributed by atoms with Crippen molar-refractivity contribution in [1.29, 1.82) is 0 Å². The van der Waals surface area contributed by atoms with Crippen molar-refractivity contribution >= 4 is 5.97 Å². The molecule has 6 heteroatoms. The van der Waals surface area contributed by atoms with Gasteiger partial charge in [0.1, 0.15) is 28.6 Å². The minimum absolute atomic E-state index is 0.00151. The number of ether oxygens (including phenoxy) is 4. The first-order valence-corrected chi connectivity index (χ1v) is 8.28. The molecule has 0 saturated heterocycles. The molecule has 26 heavy (non-hydrogen) atoms. The summed E-state index contributed by atoms with van der Waals surface area (Å²) in [5.74, 6) is 1.30. The van der Waals surface area contributed by atoms with Crippen molar-refractivity contribution in [3.8, 4) is 23.0 Å². The Balaban J connectivity index is 2.18. The Bertz CT molecular complexity index is 831. The van der Waals surface area contributed by atoms with Gasteiger partial charge in [-0.2, -0.15) is 0 Å². The van der Waals surface area contributed by atoms with E-state index in [1.807, 2.05) is 26.0 Å². The van der Waals surface area contributed by atoms with Crippen LogP contribution in [0, 0.1) is 0 Å². The molecule has 0 aliphatic carbocycles. The Morgan fingerprint density at radius 3 is 2.04 bits per heavy atom. The van der Waals surface area contributed by atoms with Gasteiger partial charge in [-0.3, -0.25) is 0 Å². The van der Waals surface area contributed by atoms with Gasteiger partial charge in [0.2, 0.25) is 0 Å². The van der Waals surface area contributed by atoms with E-state index < -0.39 is 12.1 Å². The van der Waals surface area contributed by atoms with Gasteiger partial charge < -0.3 is 24.1 Å². The van der Waals surface area contributed by atoms with Crippen LogP contribution in [0.4, 0.5) is 0 Å². The fourth-order valence-electron chi connectivity index (χ4n) is 3.36. The maximum absolute atomic E-state index is 12.4. The van der Waals surface area contributed by atoms with Gasteiger partial charge in [-0.05, 0) is 24.1 Å². The van der Waals surface area contributed by atoms with E-state index in [9.17, 15) is 9.90 Å². The van der Waals surface area contributed by atoms with Gasteiger partial charge in [-0.1, -0.05) is 13.8 Å². The number of esters is 1. The number of methoxy groups -OCH3 is 3. The lowest BCUT2D eigenvalue weighted by molar-refractivity contribution is 0.0453. The summed E-state index contributed by atoms with van der Waals surface area (Å²) < 4.78 is 21.9. The smallest absolute Gasteiger partial charge is 0.343 e. The highest BCUT2D eigenvalue weighted by atomic mass is 16.6. The maximum Gasteiger partial charge on any atom is 0.343 e. The fraction of sp³-hybridized carbons (Fsp3) is 0.350. The number of carbonyl (C=O) groups is 1. The summed E-state index contributed by atoms with van der Waals surface area (Å²) in [6.45, 7) is 4.10. The van der Waals surface area contributed by atoms with E-state index in [2.05, 4.69) is 0 Å². The van der Waals surface area contributed by atoms with Crippen LogP contribution < -0.4 is 14.2 Å². The van der Waals surface area contributed by atoms with Crippen LogP contribution in [0.3, 0.4) is 0 Å². The zero-order valence-electron chi connectivity index (χ0n) is 15.5. The van der Waals surface area contributed by atoms with Crippen molar-refractivity contribution in [1.82, 2.24) is 0 Å². The standard InChI is InChI=1S/C20H22O6/c1-10(2)17-14(23-3)6-11(7-15(17)24-4)19-13-8-12(21)9-16(25-5)18(13)20(22)26-19/h6-10,19,21H,1-5H3. The third-order valence-corrected chi connectivity index (χ3v) is 4.50. The predicted octanol–water partition coefficient (Wildman–Crippen LogP) is 3.80. The Hall–Kier alpha value is -2.89. The van der Waals surface area contributed by atoms with Crippen LogP contribution in [0.1, 0.15) is 52.9 Å². The third-order valence-electron chi connectivity index (χ3n) is 4.50. The van der Waals surface area contributed by atoms with Crippen LogP contribution in [0.25, 0.3) is 0 Å². The molecule has 1 N–H and O–H groups in total. The van der Waals surface area contributed by atoms with E-state index in [0.717, 1.165) is 5.56 Å². The minimum Gasteiger partial charge on any atom is -0.508 e. The average molecular weight is 358 g/mol. The van der Waals surface area contributed by atoms with Crippen molar-refractivity contribution in [2.45, 2.75) is 25.9 Å². The highest BCUT2D eigenvalue weighted by molar-refractivity contribution is 5.98. The number of hydrogen-bond acceptors (Lipinski definition) is 6. The van der Waals surface area contributed by atoms with Crippen molar-refractivity contribution in [3.63, 3.8) is 0 Å². The Kier molecular flexibility index (Phi) is 4.68. The molecule has 0 bridgehead atoms. The highest BCUT2D eigenvalue weighted by Gasteiger charge is 2.37. The quantitative estimate of drug-likeness (QED) is 0.820. The van der Waals surface area contributed by atoms with Crippen LogP contribution in [0.15, 0.2) is 24.3 Å². The number of phenolic OH excluding ortho intramolecular Hbond substituents is 1. The topological polar surface area (TPSA) is 74.2 Å². The molecule has 3 rings (SSSR count). The third kappa shape index (κ3) is 2.81. The van der Waals surface area contributed by atoms with Gasteiger partial charge >= 0.3 is 5.97 Å². The largest absolute Gasteiger partial charge is 0.508 e. The molecule has 0 aromatic heterocycles. The zero-order valence-corrected chi connectivity index (χ0v) is 15.5. The number of cyclic esters (lactones) is 1. The SMILES string of the molecule is COc1cc(O)cc2c1C(=O)OC2c1cc(OC)c(C(C)C)c(OC)c1. The lowest BCUT2D eigenvalue weighted by Crippen LogP contribution is -2.05. The second-order valence-electron chi connectivity index (χ2n) is 6.39. The molecule has 2 aromatic rings. The van der Waals surface area contributed by atoms with Crippen molar-refractivity contribution in [2.24, 2.45) is 0 Å².